The number of hydrogen-bond acceptors (Lipinski definition) is 4. The molecule has 0 spiro atoms. The Morgan fingerprint density at radius 2 is 2.25 bits per heavy atom. The summed E-state index contributed by atoms with van der Waals surface area (Å²) in [5.74, 6) is 1.10. The van der Waals surface area contributed by atoms with Gasteiger partial charge in [-0.3, -0.25) is 0 Å². The molecule has 0 aliphatic carbocycles. The Labute approximate surface area is 124 Å². The van der Waals surface area contributed by atoms with Crippen LogP contribution in [0.2, 0.25) is 5.02 Å². The van der Waals surface area contributed by atoms with Gasteiger partial charge in [-0.2, -0.15) is 9.78 Å². The van der Waals surface area contributed by atoms with E-state index in [2.05, 4.69) is 15.3 Å². The number of furan rings is 1. The van der Waals surface area contributed by atoms with Crippen molar-refractivity contribution in [3.05, 3.63) is 58.0 Å². The molecule has 0 radical (unpaired) electrons. The normalized spacial score (nSPS) is 11.2. The number of nitrogens with zero attached hydrogens (tertiary/aromatic N) is 3. The SMILES string of the molecule is S=c1[nH]nc(-c2ccco2)n1N=Cc1cccc(Cl)c1. The van der Waals surface area contributed by atoms with E-state index in [-0.39, 0.29) is 0 Å². The smallest absolute Gasteiger partial charge is 0.219 e. The summed E-state index contributed by atoms with van der Waals surface area (Å²) in [5, 5.41) is 11.7. The van der Waals surface area contributed by atoms with Crippen molar-refractivity contribution in [3.8, 4) is 11.6 Å². The van der Waals surface area contributed by atoms with Crippen LogP contribution in [0.3, 0.4) is 0 Å². The maximum atomic E-state index is 5.93. The van der Waals surface area contributed by atoms with Crippen LogP contribution in [-0.2, 0) is 0 Å². The summed E-state index contributed by atoms with van der Waals surface area (Å²) in [5.41, 5.74) is 0.867. The number of nitrogens with one attached hydrogen (secondary N) is 1. The van der Waals surface area contributed by atoms with Crippen molar-refractivity contribution >= 4 is 30.0 Å². The molecule has 2 heterocycles. The molecule has 5 nitrogen and oxygen atoms in total. The van der Waals surface area contributed by atoms with Crippen LogP contribution in [-0.4, -0.2) is 21.1 Å². The lowest BCUT2D eigenvalue weighted by molar-refractivity contribution is 0.573. The first-order valence-corrected chi connectivity index (χ1v) is 6.54. The number of benzene rings is 1. The third kappa shape index (κ3) is 2.56. The van der Waals surface area contributed by atoms with Crippen molar-refractivity contribution in [1.82, 2.24) is 14.9 Å². The van der Waals surface area contributed by atoms with Gasteiger partial charge in [0, 0.05) is 5.02 Å². The fourth-order valence-corrected chi connectivity index (χ4v) is 2.05. The van der Waals surface area contributed by atoms with Gasteiger partial charge in [0.15, 0.2) is 5.76 Å². The third-order valence-electron chi connectivity index (χ3n) is 2.56. The number of aromatic amines is 1. The zero-order valence-corrected chi connectivity index (χ0v) is 11.7. The summed E-state index contributed by atoms with van der Waals surface area (Å²) in [6.07, 6.45) is 3.22. The Morgan fingerprint density at radius 1 is 1.35 bits per heavy atom. The minimum atomic E-state index is 0.384. The molecular formula is C13H9ClN4OS. The lowest BCUT2D eigenvalue weighted by Gasteiger charge is -1.97. The predicted octanol–water partition coefficient (Wildman–Crippen LogP) is 3.74. The molecule has 0 amide bonds. The largest absolute Gasteiger partial charge is 0.461 e. The zero-order chi connectivity index (χ0) is 13.9. The Balaban J connectivity index is 1.99. The molecule has 0 fully saturated rings. The van der Waals surface area contributed by atoms with Gasteiger partial charge in [-0.05, 0) is 42.0 Å². The molecule has 7 heteroatoms. The van der Waals surface area contributed by atoms with Gasteiger partial charge in [-0.15, -0.1) is 5.10 Å². The molecule has 0 atom stereocenters. The van der Waals surface area contributed by atoms with E-state index in [4.69, 9.17) is 28.2 Å². The summed E-state index contributed by atoms with van der Waals surface area (Å²) < 4.78 is 7.18. The molecule has 2 aromatic heterocycles. The molecule has 0 saturated heterocycles. The van der Waals surface area contributed by atoms with Crippen LogP contribution < -0.4 is 0 Å². The highest BCUT2D eigenvalue weighted by Crippen LogP contribution is 2.17. The fraction of sp³-hybridized carbons (Fsp3) is 0. The summed E-state index contributed by atoms with van der Waals surface area (Å²) in [6, 6.07) is 10.9. The second-order valence-corrected chi connectivity index (χ2v) is 4.76. The van der Waals surface area contributed by atoms with Crippen molar-refractivity contribution in [2.24, 2.45) is 5.10 Å². The minimum Gasteiger partial charge on any atom is -0.461 e. The van der Waals surface area contributed by atoms with Crippen molar-refractivity contribution in [3.63, 3.8) is 0 Å². The lowest BCUT2D eigenvalue weighted by Crippen LogP contribution is -1.94. The van der Waals surface area contributed by atoms with E-state index in [0.717, 1.165) is 5.56 Å². The Morgan fingerprint density at radius 3 is 3.00 bits per heavy atom. The van der Waals surface area contributed by atoms with E-state index in [9.17, 15) is 0 Å². The second-order valence-electron chi connectivity index (χ2n) is 3.94. The number of hydrogen-bond donors (Lipinski definition) is 1. The Hall–Kier alpha value is -2.18. The highest BCUT2D eigenvalue weighted by atomic mass is 35.5. The van der Waals surface area contributed by atoms with E-state index < -0.39 is 0 Å². The van der Waals surface area contributed by atoms with Crippen molar-refractivity contribution in [2.75, 3.05) is 0 Å². The van der Waals surface area contributed by atoms with Gasteiger partial charge >= 0.3 is 0 Å². The Bertz CT molecular complexity index is 804. The van der Waals surface area contributed by atoms with Crippen LogP contribution in [0.4, 0.5) is 0 Å². The molecule has 3 aromatic rings. The van der Waals surface area contributed by atoms with E-state index in [1.165, 1.54) is 4.68 Å². The highest BCUT2D eigenvalue weighted by molar-refractivity contribution is 7.71. The zero-order valence-electron chi connectivity index (χ0n) is 10.2. The van der Waals surface area contributed by atoms with Crippen LogP contribution in [0.5, 0.6) is 0 Å². The van der Waals surface area contributed by atoms with Gasteiger partial charge in [0.2, 0.25) is 10.6 Å². The number of halogens is 1. The van der Waals surface area contributed by atoms with Crippen LogP contribution in [0.15, 0.2) is 52.2 Å². The molecule has 1 N–H and O–H groups in total. The van der Waals surface area contributed by atoms with Crippen molar-refractivity contribution < 1.29 is 4.42 Å². The van der Waals surface area contributed by atoms with Crippen LogP contribution in [0.25, 0.3) is 11.6 Å². The van der Waals surface area contributed by atoms with Crippen molar-refractivity contribution in [2.45, 2.75) is 0 Å². The molecule has 0 aliphatic heterocycles. The maximum Gasteiger partial charge on any atom is 0.219 e. The van der Waals surface area contributed by atoms with E-state index in [0.29, 0.717) is 21.4 Å². The van der Waals surface area contributed by atoms with Crippen molar-refractivity contribution in [1.29, 1.82) is 0 Å². The molecule has 0 bridgehead atoms. The first-order chi connectivity index (χ1) is 9.74. The number of rotatable bonds is 3. The third-order valence-corrected chi connectivity index (χ3v) is 3.06. The average Bonchev–Trinajstić information content (AvgIpc) is 3.06. The molecule has 0 unspecified atom stereocenters. The van der Waals surface area contributed by atoms with E-state index in [1.54, 1.807) is 36.7 Å². The minimum absolute atomic E-state index is 0.384. The highest BCUT2D eigenvalue weighted by Gasteiger charge is 2.10. The van der Waals surface area contributed by atoms with Gasteiger partial charge in [0.1, 0.15) is 0 Å². The van der Waals surface area contributed by atoms with Gasteiger partial charge in [0.25, 0.3) is 0 Å². The maximum absolute atomic E-state index is 5.93. The number of H-pyrrole nitrogens is 1. The lowest BCUT2D eigenvalue weighted by atomic mass is 10.2. The Kier molecular flexibility index (Phi) is 3.49. The molecular weight excluding hydrogens is 296 g/mol. The average molecular weight is 305 g/mol. The predicted molar refractivity (Wildman–Crippen MR) is 79.6 cm³/mol. The monoisotopic (exact) mass is 304 g/mol. The van der Waals surface area contributed by atoms with Gasteiger partial charge < -0.3 is 4.42 Å². The van der Waals surface area contributed by atoms with Gasteiger partial charge in [-0.25, -0.2) is 5.10 Å². The van der Waals surface area contributed by atoms with Crippen LogP contribution in [0.1, 0.15) is 5.56 Å². The number of aromatic nitrogens is 3. The first kappa shape index (κ1) is 12.8. The molecule has 3 rings (SSSR count). The topological polar surface area (TPSA) is 59.1 Å². The van der Waals surface area contributed by atoms with E-state index >= 15 is 0 Å². The molecule has 100 valence electrons. The summed E-state index contributed by atoms with van der Waals surface area (Å²) in [4.78, 5) is 0. The van der Waals surface area contributed by atoms with Crippen LogP contribution in [0, 0.1) is 4.77 Å². The molecule has 0 aliphatic rings. The quantitative estimate of drug-likeness (QED) is 0.592. The standard InChI is InChI=1S/C13H9ClN4OS/c14-10-4-1-3-9(7-10)8-15-18-12(16-17-13(18)20)11-5-2-6-19-11/h1-8H,(H,17,20). The molecule has 1 aromatic carbocycles. The van der Waals surface area contributed by atoms with Gasteiger partial charge in [0.05, 0.1) is 12.5 Å². The van der Waals surface area contributed by atoms with Gasteiger partial charge in [-0.1, -0.05) is 23.7 Å². The summed E-state index contributed by atoms with van der Waals surface area (Å²) >= 11 is 11.1. The summed E-state index contributed by atoms with van der Waals surface area (Å²) in [7, 11) is 0. The fourth-order valence-electron chi connectivity index (χ4n) is 1.68. The second kappa shape index (κ2) is 5.44. The molecule has 0 saturated carbocycles. The first-order valence-electron chi connectivity index (χ1n) is 5.75. The summed E-state index contributed by atoms with van der Waals surface area (Å²) in [6.45, 7) is 0. The van der Waals surface area contributed by atoms with Crippen LogP contribution >= 0.6 is 23.8 Å². The molecule has 20 heavy (non-hydrogen) atoms. The van der Waals surface area contributed by atoms with E-state index in [1.807, 2.05) is 12.1 Å².